The summed E-state index contributed by atoms with van der Waals surface area (Å²) >= 11 is 1.46. The van der Waals surface area contributed by atoms with Gasteiger partial charge in [0, 0.05) is 39.3 Å². The number of carbonyl (C=O) groups excluding carboxylic acids is 2. The molecule has 0 saturated carbocycles. The average molecular weight is 446 g/mol. The number of rotatable bonds is 7. The lowest BCUT2D eigenvalue weighted by atomic mass is 10.1. The molecule has 3 heterocycles. The molecule has 31 heavy (non-hydrogen) atoms. The third-order valence-electron chi connectivity index (χ3n) is 5.82. The van der Waals surface area contributed by atoms with Gasteiger partial charge in [-0.2, -0.15) is 0 Å². The smallest absolute Gasteiger partial charge is 0.240 e. The van der Waals surface area contributed by atoms with Crippen LogP contribution in [0.4, 0.5) is 5.13 Å². The summed E-state index contributed by atoms with van der Waals surface area (Å²) in [5.74, 6) is 1.00. The van der Waals surface area contributed by atoms with Crippen molar-refractivity contribution in [3.8, 4) is 5.75 Å². The van der Waals surface area contributed by atoms with Gasteiger partial charge in [0.25, 0.3) is 0 Å². The molecule has 2 fully saturated rings. The number of nitrogens with one attached hydrogen (secondary N) is 1. The number of aromatic nitrogens is 1. The van der Waals surface area contributed by atoms with Crippen molar-refractivity contribution in [2.75, 3.05) is 64.3 Å². The first-order valence-corrected chi connectivity index (χ1v) is 12.0. The molecule has 0 unspecified atom stereocenters. The van der Waals surface area contributed by atoms with Gasteiger partial charge in [0.1, 0.15) is 5.75 Å². The molecule has 0 radical (unpaired) electrons. The second-order valence-electron chi connectivity index (χ2n) is 8.12. The van der Waals surface area contributed by atoms with Crippen LogP contribution in [0.3, 0.4) is 0 Å². The van der Waals surface area contributed by atoms with E-state index in [9.17, 15) is 9.59 Å². The zero-order valence-electron chi connectivity index (χ0n) is 18.1. The second kappa shape index (κ2) is 10.4. The highest BCUT2D eigenvalue weighted by atomic mass is 32.1. The van der Waals surface area contributed by atoms with Gasteiger partial charge in [0.2, 0.25) is 11.8 Å². The van der Waals surface area contributed by atoms with Gasteiger partial charge < -0.3 is 15.0 Å². The molecule has 2 saturated heterocycles. The third-order valence-corrected chi connectivity index (χ3v) is 6.75. The maximum Gasteiger partial charge on any atom is 0.240 e. The number of amides is 2. The van der Waals surface area contributed by atoms with E-state index in [1.165, 1.54) is 17.8 Å². The minimum absolute atomic E-state index is 0.0538. The molecule has 1 N–H and O–H groups in total. The molecule has 2 aliphatic rings. The quantitative estimate of drug-likeness (QED) is 0.705. The van der Waals surface area contributed by atoms with Crippen molar-refractivity contribution >= 4 is 38.5 Å². The molecule has 0 atom stereocenters. The number of carbonyl (C=O) groups is 2. The molecule has 2 aliphatic heterocycles. The molecule has 2 aromatic rings. The summed E-state index contributed by atoms with van der Waals surface area (Å²) in [7, 11) is 0. The zero-order chi connectivity index (χ0) is 21.6. The molecule has 8 nitrogen and oxygen atoms in total. The summed E-state index contributed by atoms with van der Waals surface area (Å²) < 4.78 is 6.52. The predicted molar refractivity (Wildman–Crippen MR) is 123 cm³/mol. The highest BCUT2D eigenvalue weighted by Crippen LogP contribution is 2.29. The molecule has 1 aromatic carbocycles. The minimum atomic E-state index is -0.0538. The fourth-order valence-electron chi connectivity index (χ4n) is 4.12. The number of fused-ring (bicyclic) bond motifs is 1. The van der Waals surface area contributed by atoms with Crippen molar-refractivity contribution in [3.05, 3.63) is 18.2 Å². The Labute approximate surface area is 187 Å². The van der Waals surface area contributed by atoms with Crippen molar-refractivity contribution in [3.63, 3.8) is 0 Å². The van der Waals surface area contributed by atoms with Gasteiger partial charge in [0.15, 0.2) is 5.13 Å². The number of ether oxygens (including phenoxy) is 1. The zero-order valence-corrected chi connectivity index (χ0v) is 19.0. The molecular formula is C22H31N5O3S. The Morgan fingerprint density at radius 1 is 1.03 bits per heavy atom. The van der Waals surface area contributed by atoms with Gasteiger partial charge in [0.05, 0.1) is 29.9 Å². The van der Waals surface area contributed by atoms with Gasteiger partial charge in [-0.15, -0.1) is 0 Å². The number of hydrogen-bond acceptors (Lipinski definition) is 7. The number of thiazole rings is 1. The first-order valence-electron chi connectivity index (χ1n) is 11.2. The topological polar surface area (TPSA) is 78.0 Å². The Bertz CT molecular complexity index is 904. The number of piperazine rings is 1. The Hall–Kier alpha value is -2.23. The molecule has 0 spiro atoms. The van der Waals surface area contributed by atoms with E-state index in [-0.39, 0.29) is 11.8 Å². The van der Waals surface area contributed by atoms with Crippen LogP contribution < -0.4 is 10.1 Å². The van der Waals surface area contributed by atoms with E-state index in [0.29, 0.717) is 24.8 Å². The van der Waals surface area contributed by atoms with E-state index in [1.807, 2.05) is 30.0 Å². The Morgan fingerprint density at radius 2 is 1.74 bits per heavy atom. The van der Waals surface area contributed by atoms with Crippen LogP contribution in [0.1, 0.15) is 26.2 Å². The van der Waals surface area contributed by atoms with E-state index in [2.05, 4.69) is 20.1 Å². The van der Waals surface area contributed by atoms with Crippen molar-refractivity contribution in [2.24, 2.45) is 0 Å². The largest absolute Gasteiger partial charge is 0.494 e. The second-order valence-corrected chi connectivity index (χ2v) is 9.15. The number of nitrogens with zero attached hydrogens (tertiary/aromatic N) is 4. The van der Waals surface area contributed by atoms with Crippen LogP contribution in [-0.2, 0) is 9.59 Å². The molecular weight excluding hydrogens is 414 g/mol. The van der Waals surface area contributed by atoms with Crippen molar-refractivity contribution < 1.29 is 14.3 Å². The highest BCUT2D eigenvalue weighted by Gasteiger charge is 2.23. The number of hydrogen-bond donors (Lipinski definition) is 1. The van der Waals surface area contributed by atoms with E-state index < -0.39 is 0 Å². The van der Waals surface area contributed by atoms with E-state index in [0.717, 1.165) is 68.1 Å². The van der Waals surface area contributed by atoms with E-state index in [4.69, 9.17) is 4.74 Å². The summed E-state index contributed by atoms with van der Waals surface area (Å²) in [6.45, 7) is 8.42. The van der Waals surface area contributed by atoms with Crippen molar-refractivity contribution in [1.82, 2.24) is 19.7 Å². The first kappa shape index (κ1) is 22.0. The number of piperidine rings is 1. The summed E-state index contributed by atoms with van der Waals surface area (Å²) in [6, 6.07) is 5.76. The van der Waals surface area contributed by atoms with Gasteiger partial charge in [-0.1, -0.05) is 11.3 Å². The van der Waals surface area contributed by atoms with Gasteiger partial charge in [-0.25, -0.2) is 4.98 Å². The number of anilines is 1. The summed E-state index contributed by atoms with van der Waals surface area (Å²) in [5, 5.41) is 3.54. The maximum atomic E-state index is 12.5. The van der Waals surface area contributed by atoms with Crippen molar-refractivity contribution in [2.45, 2.75) is 26.2 Å². The summed E-state index contributed by atoms with van der Waals surface area (Å²) in [4.78, 5) is 35.8. The average Bonchev–Trinajstić information content (AvgIpc) is 3.17. The summed E-state index contributed by atoms with van der Waals surface area (Å²) in [6.07, 6.45) is 3.48. The monoisotopic (exact) mass is 445 g/mol. The Morgan fingerprint density at radius 3 is 2.45 bits per heavy atom. The van der Waals surface area contributed by atoms with Gasteiger partial charge in [-0.3, -0.25) is 19.4 Å². The molecule has 2 amide bonds. The Balaban J connectivity index is 1.22. The lowest BCUT2D eigenvalue weighted by molar-refractivity contribution is -0.134. The van der Waals surface area contributed by atoms with Crippen LogP contribution in [0.25, 0.3) is 10.2 Å². The normalized spacial score (nSPS) is 18.3. The lowest BCUT2D eigenvalue weighted by Gasteiger charge is -2.35. The van der Waals surface area contributed by atoms with E-state index >= 15 is 0 Å². The van der Waals surface area contributed by atoms with Crippen LogP contribution in [-0.4, -0.2) is 90.5 Å². The fourth-order valence-corrected chi connectivity index (χ4v) is 5.03. The Kier molecular flexibility index (Phi) is 7.37. The predicted octanol–water partition coefficient (Wildman–Crippen LogP) is 2.26. The van der Waals surface area contributed by atoms with Crippen molar-refractivity contribution in [1.29, 1.82) is 0 Å². The van der Waals surface area contributed by atoms with Crippen LogP contribution in [0.2, 0.25) is 0 Å². The van der Waals surface area contributed by atoms with Crippen LogP contribution >= 0.6 is 11.3 Å². The minimum Gasteiger partial charge on any atom is -0.494 e. The standard InChI is InChI=1S/C22H31N5O3S/c1-2-30-17-6-7-18-19(14-17)31-22(23-18)24-20(28)15-25-10-12-26(13-11-25)16-21(29)27-8-4-3-5-9-27/h6-7,14H,2-5,8-13,15-16H2,1H3,(H,23,24,28). The number of likely N-dealkylation sites (tertiary alicyclic amines) is 1. The molecule has 9 heteroatoms. The van der Waals surface area contributed by atoms with Gasteiger partial charge in [-0.05, 0) is 44.4 Å². The first-order chi connectivity index (χ1) is 15.1. The molecule has 0 aliphatic carbocycles. The van der Waals surface area contributed by atoms with Gasteiger partial charge >= 0.3 is 0 Å². The molecule has 168 valence electrons. The van der Waals surface area contributed by atoms with Crippen LogP contribution in [0, 0.1) is 0 Å². The maximum absolute atomic E-state index is 12.5. The lowest BCUT2D eigenvalue weighted by Crippen LogP contribution is -2.51. The summed E-state index contributed by atoms with van der Waals surface area (Å²) in [5.41, 5.74) is 0.857. The van der Waals surface area contributed by atoms with E-state index in [1.54, 1.807) is 0 Å². The van der Waals surface area contributed by atoms with Crippen LogP contribution in [0.15, 0.2) is 18.2 Å². The highest BCUT2D eigenvalue weighted by molar-refractivity contribution is 7.22. The molecule has 1 aromatic heterocycles. The fraction of sp³-hybridized carbons (Fsp3) is 0.591. The SMILES string of the molecule is CCOc1ccc2nc(NC(=O)CN3CCN(CC(=O)N4CCCCC4)CC3)sc2c1. The number of benzene rings is 1. The van der Waals surface area contributed by atoms with Crippen LogP contribution in [0.5, 0.6) is 5.75 Å². The molecule has 0 bridgehead atoms. The molecule has 4 rings (SSSR count). The third kappa shape index (κ3) is 5.93.